The zero-order valence-electron chi connectivity index (χ0n) is 11.2. The van der Waals surface area contributed by atoms with E-state index in [1.165, 1.54) is 19.1 Å². The number of hydrogen-bond acceptors (Lipinski definition) is 5. The molecule has 0 atom stereocenters. The minimum absolute atomic E-state index is 0.0246. The van der Waals surface area contributed by atoms with Crippen LogP contribution in [0.15, 0.2) is 29.2 Å². The topological polar surface area (TPSA) is 104 Å². The molecule has 1 aromatic heterocycles. The van der Waals surface area contributed by atoms with E-state index < -0.39 is 16.0 Å². The van der Waals surface area contributed by atoms with Gasteiger partial charge in [0.15, 0.2) is 0 Å². The number of rotatable bonds is 4. The molecule has 0 amide bonds. The van der Waals surface area contributed by atoms with Crippen LogP contribution in [0.4, 0.5) is 5.69 Å². The second kappa shape index (κ2) is 5.38. The van der Waals surface area contributed by atoms with Crippen LogP contribution in [0.5, 0.6) is 5.75 Å². The van der Waals surface area contributed by atoms with Crippen molar-refractivity contribution in [2.75, 3.05) is 4.72 Å². The number of aryl methyl sites for hydroxylation is 2. The number of benzene rings is 1. The summed E-state index contributed by atoms with van der Waals surface area (Å²) < 4.78 is 26.9. The van der Waals surface area contributed by atoms with Gasteiger partial charge in [0.25, 0.3) is 10.0 Å². The smallest absolute Gasteiger partial charge is 0.345 e. The molecule has 0 fully saturated rings. The molecule has 0 radical (unpaired) electrons. The van der Waals surface area contributed by atoms with Gasteiger partial charge in [0.1, 0.15) is 15.5 Å². The number of phenolic OH excluding ortho intramolecular Hbond substituents is 1. The highest BCUT2D eigenvalue weighted by Crippen LogP contribution is 2.28. The largest absolute Gasteiger partial charge is 0.508 e. The van der Waals surface area contributed by atoms with Crippen molar-refractivity contribution < 1.29 is 23.4 Å². The molecule has 112 valence electrons. The lowest BCUT2D eigenvalue weighted by Gasteiger charge is -2.08. The van der Waals surface area contributed by atoms with Gasteiger partial charge < -0.3 is 10.2 Å². The molecule has 8 heteroatoms. The van der Waals surface area contributed by atoms with E-state index in [-0.39, 0.29) is 21.2 Å². The number of nitrogens with one attached hydrogen (secondary N) is 1. The van der Waals surface area contributed by atoms with Gasteiger partial charge in [-0.1, -0.05) is 6.07 Å². The molecular formula is C13H13NO5S2. The first-order chi connectivity index (χ1) is 9.70. The lowest BCUT2D eigenvalue weighted by atomic mass is 10.2. The standard InChI is InChI=1S/C13H13NO5S2/c1-7-3-4-9(5-10(7)15)14-21(18,19)12-6-11(13(16)17)20-8(12)2/h3-6,14-15H,1-2H3,(H,16,17). The number of aromatic hydroxyl groups is 1. The highest BCUT2D eigenvalue weighted by atomic mass is 32.2. The van der Waals surface area contributed by atoms with E-state index in [4.69, 9.17) is 5.11 Å². The third kappa shape index (κ3) is 3.17. The molecule has 2 aromatic rings. The number of phenols is 1. The summed E-state index contributed by atoms with van der Waals surface area (Å²) in [4.78, 5) is 11.2. The molecule has 0 aliphatic heterocycles. The second-order valence-corrected chi connectivity index (χ2v) is 7.35. The van der Waals surface area contributed by atoms with Crippen molar-refractivity contribution in [3.05, 3.63) is 39.6 Å². The van der Waals surface area contributed by atoms with Crippen LogP contribution in [0.25, 0.3) is 0 Å². The van der Waals surface area contributed by atoms with Gasteiger partial charge in [-0.15, -0.1) is 11.3 Å². The van der Waals surface area contributed by atoms with Crippen LogP contribution in [-0.4, -0.2) is 24.6 Å². The maximum absolute atomic E-state index is 12.3. The zero-order chi connectivity index (χ0) is 15.8. The second-order valence-electron chi connectivity index (χ2n) is 4.44. The quantitative estimate of drug-likeness (QED) is 0.800. The SMILES string of the molecule is Cc1ccc(NS(=O)(=O)c2cc(C(=O)O)sc2C)cc1O. The van der Waals surface area contributed by atoms with Gasteiger partial charge in [-0.25, -0.2) is 13.2 Å². The Morgan fingerprint density at radius 3 is 2.43 bits per heavy atom. The molecular weight excluding hydrogens is 314 g/mol. The normalized spacial score (nSPS) is 11.3. The first-order valence-corrected chi connectivity index (χ1v) is 8.17. The van der Waals surface area contributed by atoms with Gasteiger partial charge in [-0.05, 0) is 31.5 Å². The summed E-state index contributed by atoms with van der Waals surface area (Å²) in [5.74, 6) is -1.19. The van der Waals surface area contributed by atoms with Gasteiger partial charge in [-0.2, -0.15) is 0 Å². The van der Waals surface area contributed by atoms with Gasteiger partial charge >= 0.3 is 5.97 Å². The van der Waals surface area contributed by atoms with Crippen molar-refractivity contribution >= 4 is 33.0 Å². The Hall–Kier alpha value is -2.06. The number of carboxylic acids is 1. The van der Waals surface area contributed by atoms with Gasteiger partial charge in [0, 0.05) is 10.9 Å². The van der Waals surface area contributed by atoms with E-state index in [2.05, 4.69) is 4.72 Å². The summed E-state index contributed by atoms with van der Waals surface area (Å²) in [5.41, 5.74) is 0.832. The molecule has 1 aromatic carbocycles. The zero-order valence-corrected chi connectivity index (χ0v) is 12.9. The molecule has 0 saturated carbocycles. The Kier molecular flexibility index (Phi) is 3.93. The van der Waals surface area contributed by atoms with Crippen molar-refractivity contribution in [2.24, 2.45) is 0 Å². The molecule has 0 aliphatic carbocycles. The minimum atomic E-state index is -3.90. The molecule has 6 nitrogen and oxygen atoms in total. The predicted octanol–water partition coefficient (Wildman–Crippen LogP) is 2.57. The molecule has 0 bridgehead atoms. The van der Waals surface area contributed by atoms with Crippen molar-refractivity contribution in [1.82, 2.24) is 0 Å². The average molecular weight is 327 g/mol. The summed E-state index contributed by atoms with van der Waals surface area (Å²) >= 11 is 0.897. The maximum Gasteiger partial charge on any atom is 0.345 e. The fourth-order valence-electron chi connectivity index (χ4n) is 1.72. The Labute approximate surface area is 125 Å². The number of hydrogen-bond donors (Lipinski definition) is 3. The molecule has 0 unspecified atom stereocenters. The third-order valence-corrected chi connectivity index (χ3v) is 5.51. The number of sulfonamides is 1. The van der Waals surface area contributed by atoms with Crippen LogP contribution in [0.3, 0.4) is 0 Å². The Balaban J connectivity index is 2.38. The summed E-state index contributed by atoms with van der Waals surface area (Å²) in [6.45, 7) is 3.23. The van der Waals surface area contributed by atoms with E-state index in [0.29, 0.717) is 10.4 Å². The van der Waals surface area contributed by atoms with Gasteiger partial charge in [-0.3, -0.25) is 4.72 Å². The van der Waals surface area contributed by atoms with Gasteiger partial charge in [0.05, 0.1) is 5.69 Å². The molecule has 21 heavy (non-hydrogen) atoms. The van der Waals surface area contributed by atoms with Gasteiger partial charge in [0.2, 0.25) is 0 Å². The lowest BCUT2D eigenvalue weighted by molar-refractivity contribution is 0.0702. The monoisotopic (exact) mass is 327 g/mol. The minimum Gasteiger partial charge on any atom is -0.508 e. The number of carbonyl (C=O) groups is 1. The van der Waals surface area contributed by atoms with Crippen LogP contribution < -0.4 is 4.72 Å². The lowest BCUT2D eigenvalue weighted by Crippen LogP contribution is -2.13. The van der Waals surface area contributed by atoms with E-state index >= 15 is 0 Å². The fraction of sp³-hybridized carbons (Fsp3) is 0.154. The van der Waals surface area contributed by atoms with E-state index in [1.54, 1.807) is 13.0 Å². The number of thiophene rings is 1. The van der Waals surface area contributed by atoms with Crippen LogP contribution in [0, 0.1) is 13.8 Å². The number of aromatic carboxylic acids is 1. The van der Waals surface area contributed by atoms with Crippen LogP contribution in [0.2, 0.25) is 0 Å². The molecule has 0 aliphatic rings. The van der Waals surface area contributed by atoms with Crippen molar-refractivity contribution in [1.29, 1.82) is 0 Å². The summed E-state index contributed by atoms with van der Waals surface area (Å²) in [7, 11) is -3.90. The predicted molar refractivity (Wildman–Crippen MR) is 79.7 cm³/mol. The summed E-state index contributed by atoms with van der Waals surface area (Å²) in [6, 6.07) is 5.52. The van der Waals surface area contributed by atoms with Crippen LogP contribution in [0.1, 0.15) is 20.1 Å². The van der Waals surface area contributed by atoms with Crippen molar-refractivity contribution in [2.45, 2.75) is 18.7 Å². The van der Waals surface area contributed by atoms with Crippen molar-refractivity contribution in [3.63, 3.8) is 0 Å². The third-order valence-electron chi connectivity index (χ3n) is 2.83. The Morgan fingerprint density at radius 2 is 1.90 bits per heavy atom. The Bertz CT molecular complexity index is 808. The summed E-state index contributed by atoms with van der Waals surface area (Å²) in [6.07, 6.45) is 0. The maximum atomic E-state index is 12.3. The molecule has 1 heterocycles. The molecule has 0 spiro atoms. The highest BCUT2D eigenvalue weighted by molar-refractivity contribution is 7.93. The number of carboxylic acid groups (broad SMARTS) is 1. The number of anilines is 1. The van der Waals surface area contributed by atoms with Crippen molar-refractivity contribution in [3.8, 4) is 5.75 Å². The highest BCUT2D eigenvalue weighted by Gasteiger charge is 2.22. The van der Waals surface area contributed by atoms with E-state index in [9.17, 15) is 18.3 Å². The van der Waals surface area contributed by atoms with Crippen LogP contribution in [-0.2, 0) is 10.0 Å². The van der Waals surface area contributed by atoms with E-state index in [0.717, 1.165) is 17.4 Å². The summed E-state index contributed by atoms with van der Waals surface area (Å²) in [5, 5.41) is 18.5. The average Bonchev–Trinajstić information content (AvgIpc) is 2.77. The first kappa shape index (κ1) is 15.3. The molecule has 3 N–H and O–H groups in total. The first-order valence-electron chi connectivity index (χ1n) is 5.87. The van der Waals surface area contributed by atoms with E-state index in [1.807, 2.05) is 0 Å². The Morgan fingerprint density at radius 1 is 1.24 bits per heavy atom. The fourth-order valence-corrected chi connectivity index (χ4v) is 4.20. The molecule has 0 saturated heterocycles. The van der Waals surface area contributed by atoms with Crippen LogP contribution >= 0.6 is 11.3 Å². The molecule has 2 rings (SSSR count).